The summed E-state index contributed by atoms with van der Waals surface area (Å²) in [5.74, 6) is 0.0289. The van der Waals surface area contributed by atoms with E-state index < -0.39 is 9.73 Å². The molecule has 5 rings (SSSR count). The molecule has 3 aromatic rings. The van der Waals surface area contributed by atoms with Crippen LogP contribution in [0.3, 0.4) is 0 Å². The summed E-state index contributed by atoms with van der Waals surface area (Å²) in [5.41, 5.74) is 6.33. The molecule has 0 unspecified atom stereocenters. The number of nitrogens with one attached hydrogen (secondary N) is 2. The van der Waals surface area contributed by atoms with Crippen LogP contribution in [0.4, 0.5) is 17.1 Å². The zero-order chi connectivity index (χ0) is 29.1. The highest BCUT2D eigenvalue weighted by Gasteiger charge is 2.27. The molecular formula is C32H38N6O2S. The van der Waals surface area contributed by atoms with E-state index in [0.717, 1.165) is 59.7 Å². The number of para-hydroxylation sites is 2. The van der Waals surface area contributed by atoms with E-state index in [1.807, 2.05) is 60.4 Å². The molecule has 0 aromatic heterocycles. The van der Waals surface area contributed by atoms with Crippen LogP contribution in [0.2, 0.25) is 0 Å². The number of amides is 1. The van der Waals surface area contributed by atoms with Crippen LogP contribution in [0.25, 0.3) is 0 Å². The zero-order valence-electron chi connectivity index (χ0n) is 24.0. The summed E-state index contributed by atoms with van der Waals surface area (Å²) in [6, 6.07) is 21.9. The van der Waals surface area contributed by atoms with Crippen molar-refractivity contribution < 1.29 is 9.00 Å². The molecule has 1 amide bonds. The van der Waals surface area contributed by atoms with E-state index in [9.17, 15) is 14.3 Å². The van der Waals surface area contributed by atoms with E-state index in [4.69, 9.17) is 4.78 Å². The van der Waals surface area contributed by atoms with E-state index in [1.54, 1.807) is 6.07 Å². The lowest BCUT2D eigenvalue weighted by molar-refractivity contribution is 0.0746. The molecule has 0 aliphatic carbocycles. The van der Waals surface area contributed by atoms with Gasteiger partial charge in [-0.1, -0.05) is 30.3 Å². The molecular weight excluding hydrogens is 532 g/mol. The van der Waals surface area contributed by atoms with Crippen molar-refractivity contribution in [3.05, 3.63) is 82.9 Å². The van der Waals surface area contributed by atoms with Crippen molar-refractivity contribution in [3.63, 3.8) is 0 Å². The van der Waals surface area contributed by atoms with Gasteiger partial charge >= 0.3 is 0 Å². The standard InChI is InChI=1S/C32H38N6O2S/c1-23-20-24(2)28(35-26-12-14-36(15-13-26)29-9-5-4-8-25(29)22-33)21-27(23)32(39)38-18-16-37(17-19-38)30-10-6-7-11-31(30)41(3,34)40/h4-11,20-21,26,34-35H,12-19H2,1-3H3/t41-/m0/s1. The number of piperidine rings is 1. The number of rotatable bonds is 6. The van der Waals surface area contributed by atoms with Crippen molar-refractivity contribution in [2.24, 2.45) is 0 Å². The predicted molar refractivity (Wildman–Crippen MR) is 166 cm³/mol. The maximum Gasteiger partial charge on any atom is 0.254 e. The molecule has 0 bridgehead atoms. The third kappa shape index (κ3) is 6.18. The van der Waals surface area contributed by atoms with Crippen LogP contribution in [0.1, 0.15) is 39.9 Å². The minimum absolute atomic E-state index is 0.0289. The number of carbonyl (C=O) groups is 1. The van der Waals surface area contributed by atoms with Crippen LogP contribution < -0.4 is 15.1 Å². The molecule has 0 radical (unpaired) electrons. The fourth-order valence-electron chi connectivity index (χ4n) is 5.94. The van der Waals surface area contributed by atoms with Gasteiger partial charge in [0.2, 0.25) is 0 Å². The summed E-state index contributed by atoms with van der Waals surface area (Å²) in [4.78, 5) is 20.5. The van der Waals surface area contributed by atoms with Crippen LogP contribution >= 0.6 is 0 Å². The van der Waals surface area contributed by atoms with Crippen LogP contribution in [-0.2, 0) is 9.73 Å². The highest BCUT2D eigenvalue weighted by atomic mass is 32.2. The first-order valence-electron chi connectivity index (χ1n) is 14.1. The topological polar surface area (TPSA) is 104 Å². The quantitative estimate of drug-likeness (QED) is 0.419. The second kappa shape index (κ2) is 11.8. The van der Waals surface area contributed by atoms with Gasteiger partial charge in [0, 0.05) is 62.8 Å². The molecule has 8 nitrogen and oxygen atoms in total. The van der Waals surface area contributed by atoms with Gasteiger partial charge in [0.25, 0.3) is 5.91 Å². The van der Waals surface area contributed by atoms with Crippen molar-refractivity contribution in [2.45, 2.75) is 37.6 Å². The molecule has 2 aliphatic rings. The van der Waals surface area contributed by atoms with Crippen molar-refractivity contribution in [1.29, 1.82) is 10.0 Å². The van der Waals surface area contributed by atoms with Gasteiger partial charge in [-0.05, 0) is 68.1 Å². The van der Waals surface area contributed by atoms with Crippen LogP contribution in [0.15, 0.2) is 65.6 Å². The number of carbonyl (C=O) groups excluding carboxylic acids is 1. The Morgan fingerprint density at radius 2 is 1.51 bits per heavy atom. The van der Waals surface area contributed by atoms with Crippen molar-refractivity contribution >= 4 is 32.7 Å². The molecule has 2 fully saturated rings. The van der Waals surface area contributed by atoms with E-state index >= 15 is 0 Å². The molecule has 2 saturated heterocycles. The summed E-state index contributed by atoms with van der Waals surface area (Å²) in [5, 5.41) is 13.2. The number of hydrogen-bond donors (Lipinski definition) is 2. The van der Waals surface area contributed by atoms with Gasteiger partial charge in [0.05, 0.1) is 31.6 Å². The number of nitriles is 1. The SMILES string of the molecule is Cc1cc(C)c(C(=O)N2CCN(c3ccccc3[S@@](C)(=N)=O)CC2)cc1NC1CCN(c2ccccc2C#N)CC1. The molecule has 0 spiro atoms. The van der Waals surface area contributed by atoms with E-state index in [-0.39, 0.29) is 5.91 Å². The van der Waals surface area contributed by atoms with Crippen LogP contribution in [0.5, 0.6) is 0 Å². The van der Waals surface area contributed by atoms with Crippen LogP contribution in [-0.4, -0.2) is 66.6 Å². The van der Waals surface area contributed by atoms with Gasteiger partial charge in [-0.25, -0.2) is 8.99 Å². The van der Waals surface area contributed by atoms with Crippen molar-refractivity contribution in [3.8, 4) is 6.07 Å². The minimum atomic E-state index is -2.85. The Morgan fingerprint density at radius 3 is 2.17 bits per heavy atom. The first-order chi connectivity index (χ1) is 19.7. The van der Waals surface area contributed by atoms with E-state index in [1.165, 1.54) is 6.26 Å². The highest BCUT2D eigenvalue weighted by Crippen LogP contribution is 2.29. The number of nitrogens with zero attached hydrogens (tertiary/aromatic N) is 4. The highest BCUT2D eigenvalue weighted by molar-refractivity contribution is 7.91. The number of benzene rings is 3. The fourth-order valence-corrected chi connectivity index (χ4v) is 6.87. The molecule has 2 N–H and O–H groups in total. The Labute approximate surface area is 243 Å². The lowest BCUT2D eigenvalue weighted by Crippen LogP contribution is -2.49. The maximum absolute atomic E-state index is 13.7. The number of hydrogen-bond acceptors (Lipinski definition) is 7. The third-order valence-electron chi connectivity index (χ3n) is 8.21. The largest absolute Gasteiger partial charge is 0.382 e. The molecule has 9 heteroatoms. The molecule has 3 aromatic carbocycles. The average molecular weight is 571 g/mol. The molecule has 2 aliphatic heterocycles. The Morgan fingerprint density at radius 1 is 0.902 bits per heavy atom. The zero-order valence-corrected chi connectivity index (χ0v) is 24.8. The smallest absolute Gasteiger partial charge is 0.254 e. The monoisotopic (exact) mass is 570 g/mol. The van der Waals surface area contributed by atoms with Crippen molar-refractivity contribution in [2.75, 3.05) is 60.6 Å². The first kappa shape index (κ1) is 28.5. The van der Waals surface area contributed by atoms with E-state index in [2.05, 4.69) is 34.2 Å². The summed E-state index contributed by atoms with van der Waals surface area (Å²) in [7, 11) is -2.85. The minimum Gasteiger partial charge on any atom is -0.382 e. The van der Waals surface area contributed by atoms with Gasteiger partial charge in [-0.15, -0.1) is 0 Å². The summed E-state index contributed by atoms with van der Waals surface area (Å²) >= 11 is 0. The van der Waals surface area contributed by atoms with E-state index in [0.29, 0.717) is 42.7 Å². The second-order valence-electron chi connectivity index (χ2n) is 11.1. The predicted octanol–water partition coefficient (Wildman–Crippen LogP) is 5.25. The second-order valence-corrected chi connectivity index (χ2v) is 13.2. The Hall–Kier alpha value is -4.03. The van der Waals surface area contributed by atoms with Crippen LogP contribution in [0, 0.1) is 30.0 Å². The van der Waals surface area contributed by atoms with Gasteiger partial charge in [0.15, 0.2) is 0 Å². The molecule has 0 saturated carbocycles. The molecule has 1 atom stereocenters. The van der Waals surface area contributed by atoms with Gasteiger partial charge < -0.3 is 20.0 Å². The summed E-state index contributed by atoms with van der Waals surface area (Å²) < 4.78 is 20.6. The third-order valence-corrected chi connectivity index (χ3v) is 9.40. The Bertz CT molecular complexity index is 1580. The van der Waals surface area contributed by atoms with Gasteiger partial charge in [-0.3, -0.25) is 4.79 Å². The summed E-state index contributed by atoms with van der Waals surface area (Å²) in [6.45, 7) is 8.19. The number of piperazine rings is 1. The average Bonchev–Trinajstić information content (AvgIpc) is 2.98. The number of anilines is 3. The molecule has 214 valence electrons. The van der Waals surface area contributed by atoms with Gasteiger partial charge in [0.1, 0.15) is 6.07 Å². The number of aryl methyl sites for hydroxylation is 2. The fraction of sp³-hybridized carbons (Fsp3) is 0.375. The lowest BCUT2D eigenvalue weighted by atomic mass is 9.99. The normalized spacial score (nSPS) is 17.6. The Kier molecular flexibility index (Phi) is 8.22. The van der Waals surface area contributed by atoms with Crippen molar-refractivity contribution in [1.82, 2.24) is 4.90 Å². The Balaban J connectivity index is 1.24. The first-order valence-corrected chi connectivity index (χ1v) is 16.1. The lowest BCUT2D eigenvalue weighted by Gasteiger charge is -2.37. The van der Waals surface area contributed by atoms with Gasteiger partial charge in [-0.2, -0.15) is 5.26 Å². The summed E-state index contributed by atoms with van der Waals surface area (Å²) in [6.07, 6.45) is 3.35. The molecule has 41 heavy (non-hydrogen) atoms. The molecule has 2 heterocycles. The maximum atomic E-state index is 13.7.